The van der Waals surface area contributed by atoms with Crippen LogP contribution in [0.4, 0.5) is 10.1 Å². The Morgan fingerprint density at radius 3 is 2.82 bits per heavy atom. The number of esters is 1. The minimum atomic E-state index is -0.943. The maximum absolute atomic E-state index is 13.4. The number of carbonyl (C=O) groups is 2. The van der Waals surface area contributed by atoms with Crippen LogP contribution >= 0.6 is 11.6 Å². The SMILES string of the molecule is O=C1O[C@@H](C(=O)Nc2ccc(Cl)c(F)c2)Cc2ccccc21. The molecule has 1 heterocycles. The Hall–Kier alpha value is -2.40. The number of rotatable bonds is 2. The predicted molar refractivity (Wildman–Crippen MR) is 79.4 cm³/mol. The molecule has 0 unspecified atom stereocenters. The van der Waals surface area contributed by atoms with Crippen molar-refractivity contribution in [2.24, 2.45) is 0 Å². The highest BCUT2D eigenvalue weighted by atomic mass is 35.5. The number of hydrogen-bond acceptors (Lipinski definition) is 3. The molecule has 1 atom stereocenters. The Bertz CT molecular complexity index is 763. The van der Waals surface area contributed by atoms with E-state index in [0.29, 0.717) is 5.56 Å². The van der Waals surface area contributed by atoms with Crippen molar-refractivity contribution in [1.82, 2.24) is 0 Å². The van der Waals surface area contributed by atoms with E-state index in [2.05, 4.69) is 5.32 Å². The van der Waals surface area contributed by atoms with E-state index in [-0.39, 0.29) is 17.1 Å². The normalized spacial score (nSPS) is 16.6. The summed E-state index contributed by atoms with van der Waals surface area (Å²) in [6.07, 6.45) is -0.662. The third kappa shape index (κ3) is 2.80. The Morgan fingerprint density at radius 2 is 2.05 bits per heavy atom. The first kappa shape index (κ1) is 14.5. The van der Waals surface area contributed by atoms with Crippen molar-refractivity contribution in [3.05, 3.63) is 64.4 Å². The number of ether oxygens (including phenoxy) is 1. The standard InChI is InChI=1S/C16H11ClFNO3/c17-12-6-5-10(8-13(12)18)19-15(20)14-7-9-3-1-2-4-11(9)16(21)22-14/h1-6,8,14H,7H2,(H,19,20)/t14-/m1/s1. The van der Waals surface area contributed by atoms with Crippen LogP contribution in [0.2, 0.25) is 5.02 Å². The second-order valence-corrected chi connectivity index (χ2v) is 5.28. The Kier molecular flexibility index (Phi) is 3.81. The number of benzene rings is 2. The second-order valence-electron chi connectivity index (χ2n) is 4.87. The lowest BCUT2D eigenvalue weighted by atomic mass is 9.98. The molecule has 2 aromatic carbocycles. The largest absolute Gasteiger partial charge is 0.448 e. The van der Waals surface area contributed by atoms with E-state index in [1.54, 1.807) is 24.3 Å². The van der Waals surface area contributed by atoms with E-state index in [1.165, 1.54) is 12.1 Å². The maximum atomic E-state index is 13.4. The number of anilines is 1. The van der Waals surface area contributed by atoms with Crippen LogP contribution in [0.25, 0.3) is 0 Å². The number of cyclic esters (lactones) is 1. The van der Waals surface area contributed by atoms with Crippen molar-refractivity contribution < 1.29 is 18.7 Å². The van der Waals surface area contributed by atoms with E-state index in [0.717, 1.165) is 11.6 Å². The number of fused-ring (bicyclic) bond motifs is 1. The lowest BCUT2D eigenvalue weighted by molar-refractivity contribution is -0.125. The van der Waals surface area contributed by atoms with Crippen LogP contribution in [0.1, 0.15) is 15.9 Å². The zero-order chi connectivity index (χ0) is 15.7. The van der Waals surface area contributed by atoms with Crippen molar-refractivity contribution in [2.45, 2.75) is 12.5 Å². The number of carbonyl (C=O) groups excluding carboxylic acids is 2. The Morgan fingerprint density at radius 1 is 1.27 bits per heavy atom. The molecular weight excluding hydrogens is 309 g/mol. The third-order valence-corrected chi connectivity index (χ3v) is 3.68. The lowest BCUT2D eigenvalue weighted by Crippen LogP contribution is -2.37. The summed E-state index contributed by atoms with van der Waals surface area (Å²) in [5, 5.41) is 2.48. The minimum absolute atomic E-state index is 0.0315. The molecule has 0 saturated carbocycles. The molecule has 112 valence electrons. The molecule has 3 rings (SSSR count). The van der Waals surface area contributed by atoms with Gasteiger partial charge in [-0.3, -0.25) is 4.79 Å². The van der Waals surface area contributed by atoms with Crippen molar-refractivity contribution in [2.75, 3.05) is 5.32 Å². The van der Waals surface area contributed by atoms with Gasteiger partial charge in [0, 0.05) is 12.1 Å². The van der Waals surface area contributed by atoms with Gasteiger partial charge in [0.25, 0.3) is 5.91 Å². The summed E-state index contributed by atoms with van der Waals surface area (Å²) in [5.74, 6) is -1.68. The number of amides is 1. The molecule has 0 fully saturated rings. The van der Waals surface area contributed by atoms with Gasteiger partial charge in [-0.2, -0.15) is 0 Å². The number of hydrogen-bond donors (Lipinski definition) is 1. The van der Waals surface area contributed by atoms with Crippen LogP contribution in [0.5, 0.6) is 0 Å². The topological polar surface area (TPSA) is 55.4 Å². The molecule has 6 heteroatoms. The molecule has 22 heavy (non-hydrogen) atoms. The van der Waals surface area contributed by atoms with Crippen molar-refractivity contribution in [3.8, 4) is 0 Å². The molecule has 1 amide bonds. The van der Waals surface area contributed by atoms with Crippen LogP contribution in [-0.4, -0.2) is 18.0 Å². The van der Waals surface area contributed by atoms with Gasteiger partial charge in [0.2, 0.25) is 0 Å². The molecule has 0 aromatic heterocycles. The van der Waals surface area contributed by atoms with Crippen LogP contribution < -0.4 is 5.32 Å². The van der Waals surface area contributed by atoms with Gasteiger partial charge in [-0.15, -0.1) is 0 Å². The van der Waals surface area contributed by atoms with Gasteiger partial charge in [-0.1, -0.05) is 29.8 Å². The van der Waals surface area contributed by atoms with Gasteiger partial charge in [0.05, 0.1) is 10.6 Å². The van der Waals surface area contributed by atoms with Crippen molar-refractivity contribution >= 4 is 29.2 Å². The second kappa shape index (κ2) is 5.77. The highest BCUT2D eigenvalue weighted by Crippen LogP contribution is 2.23. The Balaban J connectivity index is 1.76. The van der Waals surface area contributed by atoms with Crippen LogP contribution in [-0.2, 0) is 16.0 Å². The summed E-state index contributed by atoms with van der Waals surface area (Å²) < 4.78 is 18.5. The molecule has 0 bridgehead atoms. The van der Waals surface area contributed by atoms with E-state index in [4.69, 9.17) is 16.3 Å². The van der Waals surface area contributed by atoms with Gasteiger partial charge < -0.3 is 10.1 Å². The zero-order valence-electron chi connectivity index (χ0n) is 11.3. The molecule has 1 aliphatic heterocycles. The lowest BCUT2D eigenvalue weighted by Gasteiger charge is -2.23. The van der Waals surface area contributed by atoms with Gasteiger partial charge in [-0.25, -0.2) is 9.18 Å². The monoisotopic (exact) mass is 319 g/mol. The van der Waals surface area contributed by atoms with E-state index in [1.807, 2.05) is 0 Å². The highest BCUT2D eigenvalue weighted by molar-refractivity contribution is 6.30. The molecule has 2 aromatic rings. The van der Waals surface area contributed by atoms with Crippen LogP contribution in [0.15, 0.2) is 42.5 Å². The first-order valence-corrected chi connectivity index (χ1v) is 6.97. The van der Waals surface area contributed by atoms with Gasteiger partial charge >= 0.3 is 5.97 Å². The predicted octanol–water partition coefficient (Wildman–Crippen LogP) is 3.20. The maximum Gasteiger partial charge on any atom is 0.339 e. The van der Waals surface area contributed by atoms with Gasteiger partial charge in [0.1, 0.15) is 5.82 Å². The smallest absolute Gasteiger partial charge is 0.339 e. The summed E-state index contributed by atoms with van der Waals surface area (Å²) in [5.41, 5.74) is 1.46. The van der Waals surface area contributed by atoms with Gasteiger partial charge in [0.15, 0.2) is 6.10 Å². The quantitative estimate of drug-likeness (QED) is 0.865. The summed E-state index contributed by atoms with van der Waals surface area (Å²) in [4.78, 5) is 24.0. The number of nitrogens with one attached hydrogen (secondary N) is 1. The summed E-state index contributed by atoms with van der Waals surface area (Å²) >= 11 is 5.58. The zero-order valence-corrected chi connectivity index (χ0v) is 12.1. The van der Waals surface area contributed by atoms with Crippen LogP contribution in [0, 0.1) is 5.82 Å². The van der Waals surface area contributed by atoms with E-state index >= 15 is 0 Å². The Labute approximate surface area is 130 Å². The molecular formula is C16H11ClFNO3. The molecule has 0 aliphatic carbocycles. The molecule has 1 aliphatic rings. The fraction of sp³-hybridized carbons (Fsp3) is 0.125. The summed E-state index contributed by atoms with van der Waals surface area (Å²) in [6.45, 7) is 0. The van der Waals surface area contributed by atoms with E-state index < -0.39 is 23.8 Å². The minimum Gasteiger partial charge on any atom is -0.448 e. The first-order valence-electron chi connectivity index (χ1n) is 6.59. The molecule has 0 radical (unpaired) electrons. The fourth-order valence-corrected chi connectivity index (χ4v) is 2.39. The third-order valence-electron chi connectivity index (χ3n) is 3.37. The summed E-state index contributed by atoms with van der Waals surface area (Å²) in [6, 6.07) is 10.9. The molecule has 4 nitrogen and oxygen atoms in total. The van der Waals surface area contributed by atoms with Crippen molar-refractivity contribution in [3.63, 3.8) is 0 Å². The fourth-order valence-electron chi connectivity index (χ4n) is 2.27. The number of halogens is 2. The average Bonchev–Trinajstić information content (AvgIpc) is 2.51. The first-order chi connectivity index (χ1) is 10.5. The molecule has 1 N–H and O–H groups in total. The molecule has 0 spiro atoms. The van der Waals surface area contributed by atoms with E-state index in [9.17, 15) is 14.0 Å². The van der Waals surface area contributed by atoms with Crippen LogP contribution in [0.3, 0.4) is 0 Å². The average molecular weight is 320 g/mol. The highest BCUT2D eigenvalue weighted by Gasteiger charge is 2.31. The van der Waals surface area contributed by atoms with Gasteiger partial charge in [-0.05, 0) is 29.8 Å². The molecule has 0 saturated heterocycles. The summed E-state index contributed by atoms with van der Waals surface area (Å²) in [7, 11) is 0. The van der Waals surface area contributed by atoms with Crippen molar-refractivity contribution in [1.29, 1.82) is 0 Å².